The van der Waals surface area contributed by atoms with Crippen molar-refractivity contribution in [3.8, 4) is 5.75 Å². The maximum Gasteiger partial charge on any atom is 0.322 e. The van der Waals surface area contributed by atoms with Gasteiger partial charge in [0, 0.05) is 5.92 Å². The summed E-state index contributed by atoms with van der Waals surface area (Å²) in [4.78, 5) is 12.2. The zero-order valence-corrected chi connectivity index (χ0v) is 19.6. The minimum absolute atomic E-state index is 0.0376. The van der Waals surface area contributed by atoms with Crippen LogP contribution in [0.15, 0.2) is 84.3 Å². The van der Waals surface area contributed by atoms with Crippen molar-refractivity contribution < 1.29 is 27.8 Å². The van der Waals surface area contributed by atoms with Crippen LogP contribution in [0.4, 0.5) is 0 Å². The van der Waals surface area contributed by atoms with E-state index in [1.807, 2.05) is 42.5 Å². The van der Waals surface area contributed by atoms with Gasteiger partial charge in [-0.05, 0) is 53.4 Å². The van der Waals surface area contributed by atoms with Gasteiger partial charge in [-0.3, -0.25) is 4.79 Å². The number of fused-ring (bicyclic) bond motifs is 1. The number of carboxylic acids is 1. The van der Waals surface area contributed by atoms with Gasteiger partial charge in [-0.15, -0.1) is 6.58 Å². The summed E-state index contributed by atoms with van der Waals surface area (Å²) in [6, 6.07) is 18.3. The summed E-state index contributed by atoms with van der Waals surface area (Å²) in [5, 5.41) is 12.1. The molecule has 178 valence electrons. The molecule has 0 aliphatic carbocycles. The second-order valence-electron chi connectivity index (χ2n) is 8.27. The smallest absolute Gasteiger partial charge is 0.322 e. The molecule has 1 heterocycles. The Morgan fingerprint density at radius 1 is 1.18 bits per heavy atom. The van der Waals surface area contributed by atoms with Gasteiger partial charge in [-0.2, -0.15) is 4.72 Å². The summed E-state index contributed by atoms with van der Waals surface area (Å²) >= 11 is 0. The van der Waals surface area contributed by atoms with Gasteiger partial charge >= 0.3 is 5.97 Å². The predicted octanol–water partition coefficient (Wildman–Crippen LogP) is 4.30. The molecular weight excluding hydrogens is 454 g/mol. The van der Waals surface area contributed by atoms with Gasteiger partial charge in [0.1, 0.15) is 11.8 Å². The van der Waals surface area contributed by atoms with E-state index in [4.69, 9.17) is 9.47 Å². The molecule has 7 nitrogen and oxygen atoms in total. The molecule has 1 fully saturated rings. The van der Waals surface area contributed by atoms with Gasteiger partial charge in [-0.25, -0.2) is 8.42 Å². The first kappa shape index (κ1) is 23.9. The number of carboxylic acid groups (broad SMARTS) is 1. The molecule has 0 amide bonds. The van der Waals surface area contributed by atoms with Crippen LogP contribution in [0.3, 0.4) is 0 Å². The van der Waals surface area contributed by atoms with E-state index in [2.05, 4.69) is 11.3 Å². The molecular formula is C26H27NO6S. The highest BCUT2D eigenvalue weighted by Gasteiger charge is 2.44. The number of rotatable bonds is 9. The van der Waals surface area contributed by atoms with Gasteiger partial charge in [-0.1, -0.05) is 48.5 Å². The molecule has 2 N–H and O–H groups in total. The lowest BCUT2D eigenvalue weighted by Crippen LogP contribution is -2.48. The standard InChI is InChI=1S/C26H27NO6S/c1-3-7-23-22(16-24(33-23)21-11-6-9-17-8-4-5-10-20(17)21)25(26(28)29)27-34(30,31)19-14-12-18(32-2)13-15-19/h3-6,8-15,22-25,27H,1,7,16H2,2H3,(H,28,29)/t22-,23+,24+,25+/m0/s1. The topological polar surface area (TPSA) is 102 Å². The number of ether oxygens (including phenoxy) is 2. The SMILES string of the molecule is C=CC[C@H]1O[C@@H](c2cccc3ccccc23)C[C@@H]1[C@@H](NS(=O)(=O)c1ccc(OC)cc1)C(=O)O. The fourth-order valence-corrected chi connectivity index (χ4v) is 5.79. The Bertz CT molecular complexity index is 1280. The Morgan fingerprint density at radius 3 is 2.56 bits per heavy atom. The molecule has 8 heteroatoms. The number of carbonyl (C=O) groups is 1. The third-order valence-electron chi connectivity index (χ3n) is 6.22. The van der Waals surface area contributed by atoms with Crippen LogP contribution in [0.25, 0.3) is 10.8 Å². The van der Waals surface area contributed by atoms with E-state index >= 15 is 0 Å². The Labute approximate surface area is 199 Å². The molecule has 1 saturated heterocycles. The molecule has 3 aromatic carbocycles. The van der Waals surface area contributed by atoms with Gasteiger partial charge < -0.3 is 14.6 Å². The van der Waals surface area contributed by atoms with Crippen LogP contribution in [-0.4, -0.2) is 38.7 Å². The Kier molecular flexibility index (Phi) is 7.02. The maximum atomic E-state index is 13.0. The van der Waals surface area contributed by atoms with Gasteiger partial charge in [0.15, 0.2) is 0 Å². The zero-order valence-electron chi connectivity index (χ0n) is 18.8. The Morgan fingerprint density at radius 2 is 1.88 bits per heavy atom. The van der Waals surface area contributed by atoms with Crippen LogP contribution in [0.5, 0.6) is 5.75 Å². The van der Waals surface area contributed by atoms with E-state index in [0.29, 0.717) is 18.6 Å². The normalized spacial score (nSPS) is 21.3. The van der Waals surface area contributed by atoms with Crippen LogP contribution in [-0.2, 0) is 19.6 Å². The first-order valence-electron chi connectivity index (χ1n) is 11.0. The molecule has 0 unspecified atom stereocenters. The highest BCUT2D eigenvalue weighted by Crippen LogP contribution is 2.42. The summed E-state index contributed by atoms with van der Waals surface area (Å²) in [6.45, 7) is 3.77. The monoisotopic (exact) mass is 481 g/mol. The molecule has 0 radical (unpaired) electrons. The lowest BCUT2D eigenvalue weighted by atomic mass is 9.88. The zero-order chi connectivity index (χ0) is 24.3. The van der Waals surface area contributed by atoms with Crippen molar-refractivity contribution in [3.05, 3.63) is 84.9 Å². The number of sulfonamides is 1. The van der Waals surface area contributed by atoms with Gasteiger partial charge in [0.2, 0.25) is 10.0 Å². The molecule has 0 bridgehead atoms. The number of aliphatic carboxylic acids is 1. The molecule has 34 heavy (non-hydrogen) atoms. The summed E-state index contributed by atoms with van der Waals surface area (Å²) < 4.78 is 39.8. The van der Waals surface area contributed by atoms with Crippen LogP contribution in [0.2, 0.25) is 0 Å². The second-order valence-corrected chi connectivity index (χ2v) is 9.98. The number of hydrogen-bond donors (Lipinski definition) is 2. The first-order chi connectivity index (χ1) is 16.3. The van der Waals surface area contributed by atoms with E-state index < -0.39 is 34.1 Å². The third kappa shape index (κ3) is 4.84. The minimum atomic E-state index is -4.09. The van der Waals surface area contributed by atoms with Crippen molar-refractivity contribution >= 4 is 26.8 Å². The summed E-state index contributed by atoms with van der Waals surface area (Å²) in [6.07, 6.45) is 1.56. The lowest BCUT2D eigenvalue weighted by molar-refractivity contribution is -0.141. The van der Waals surface area contributed by atoms with E-state index in [1.165, 1.54) is 31.4 Å². The van der Waals surface area contributed by atoms with E-state index in [-0.39, 0.29) is 11.0 Å². The predicted molar refractivity (Wildman–Crippen MR) is 129 cm³/mol. The van der Waals surface area contributed by atoms with E-state index in [1.54, 1.807) is 6.08 Å². The molecule has 1 aliphatic rings. The lowest BCUT2D eigenvalue weighted by Gasteiger charge is -2.24. The molecule has 4 rings (SSSR count). The number of nitrogens with one attached hydrogen (secondary N) is 1. The van der Waals surface area contributed by atoms with Gasteiger partial charge in [0.05, 0.1) is 24.2 Å². The average molecular weight is 482 g/mol. The van der Waals surface area contributed by atoms with Crippen molar-refractivity contribution in [2.24, 2.45) is 5.92 Å². The van der Waals surface area contributed by atoms with Crippen molar-refractivity contribution in [2.45, 2.75) is 36.0 Å². The molecule has 1 aliphatic heterocycles. The van der Waals surface area contributed by atoms with Crippen molar-refractivity contribution in [2.75, 3.05) is 7.11 Å². The summed E-state index contributed by atoms with van der Waals surface area (Å²) in [7, 11) is -2.61. The van der Waals surface area contributed by atoms with Crippen LogP contribution < -0.4 is 9.46 Å². The summed E-state index contributed by atoms with van der Waals surface area (Å²) in [5.41, 5.74) is 0.955. The Balaban J connectivity index is 1.64. The van der Waals surface area contributed by atoms with Crippen LogP contribution >= 0.6 is 0 Å². The quantitative estimate of drug-likeness (QED) is 0.442. The van der Waals surface area contributed by atoms with Crippen molar-refractivity contribution in [1.82, 2.24) is 4.72 Å². The molecule has 0 saturated carbocycles. The third-order valence-corrected chi connectivity index (χ3v) is 7.68. The second kappa shape index (κ2) is 9.97. The van der Waals surface area contributed by atoms with Crippen LogP contribution in [0, 0.1) is 5.92 Å². The fraction of sp³-hybridized carbons (Fsp3) is 0.269. The first-order valence-corrected chi connectivity index (χ1v) is 12.5. The highest BCUT2D eigenvalue weighted by atomic mass is 32.2. The number of methoxy groups -OCH3 is 1. The average Bonchev–Trinajstić information content (AvgIpc) is 3.25. The Hall–Kier alpha value is -3.20. The molecule has 4 atom stereocenters. The highest BCUT2D eigenvalue weighted by molar-refractivity contribution is 7.89. The van der Waals surface area contributed by atoms with Crippen molar-refractivity contribution in [1.29, 1.82) is 0 Å². The molecule has 3 aromatic rings. The number of hydrogen-bond acceptors (Lipinski definition) is 5. The van der Waals surface area contributed by atoms with Crippen molar-refractivity contribution in [3.63, 3.8) is 0 Å². The van der Waals surface area contributed by atoms with Gasteiger partial charge in [0.25, 0.3) is 0 Å². The largest absolute Gasteiger partial charge is 0.497 e. The number of benzene rings is 3. The molecule has 0 spiro atoms. The fourth-order valence-electron chi connectivity index (χ4n) is 4.55. The maximum absolute atomic E-state index is 13.0. The molecule has 0 aromatic heterocycles. The van der Waals surface area contributed by atoms with Crippen LogP contribution in [0.1, 0.15) is 24.5 Å². The summed E-state index contributed by atoms with van der Waals surface area (Å²) in [5.74, 6) is -1.34. The van der Waals surface area contributed by atoms with E-state index in [9.17, 15) is 18.3 Å². The van der Waals surface area contributed by atoms with E-state index in [0.717, 1.165) is 16.3 Å². The minimum Gasteiger partial charge on any atom is -0.497 e.